The lowest BCUT2D eigenvalue weighted by Crippen LogP contribution is -2.22. The van der Waals surface area contributed by atoms with Crippen molar-refractivity contribution in [2.24, 2.45) is 0 Å². The third-order valence-electron chi connectivity index (χ3n) is 5.04. The topological polar surface area (TPSA) is 92.7 Å². The Bertz CT molecular complexity index is 1570. The zero-order valence-electron chi connectivity index (χ0n) is 17.7. The van der Waals surface area contributed by atoms with Crippen LogP contribution in [0.25, 0.3) is 16.5 Å². The number of amides is 1. The van der Waals surface area contributed by atoms with Gasteiger partial charge in [0.2, 0.25) is 0 Å². The van der Waals surface area contributed by atoms with Crippen LogP contribution in [0, 0.1) is 0 Å². The average molecular weight is 535 g/mol. The Kier molecular flexibility index (Phi) is 6.00. The molecule has 2 N–H and O–H groups in total. The number of aromatic amines is 1. The van der Waals surface area contributed by atoms with E-state index in [9.17, 15) is 49.1 Å². The fraction of sp³-hybridized carbons (Fsp3) is 0.143. The van der Waals surface area contributed by atoms with Crippen LogP contribution in [0.15, 0.2) is 53.7 Å². The minimum atomic E-state index is -5.31. The van der Waals surface area contributed by atoms with Gasteiger partial charge in [0.25, 0.3) is 11.5 Å². The fourth-order valence-corrected chi connectivity index (χ4v) is 3.55. The number of halogens is 9. The molecule has 16 heteroatoms. The number of anilines is 1. The van der Waals surface area contributed by atoms with Crippen LogP contribution in [0.4, 0.5) is 45.2 Å². The summed E-state index contributed by atoms with van der Waals surface area (Å²) in [5.41, 5.74) is -8.08. The summed E-state index contributed by atoms with van der Waals surface area (Å²) in [6.45, 7) is 0. The van der Waals surface area contributed by atoms with Gasteiger partial charge in [0.1, 0.15) is 5.69 Å². The minimum Gasteiger partial charge on any atom is -0.329 e. The summed E-state index contributed by atoms with van der Waals surface area (Å²) in [5.74, 6) is -1.51. The Hall–Kier alpha value is -4.37. The molecule has 3 heterocycles. The molecular formula is C21H10F9N5O2. The lowest BCUT2D eigenvalue weighted by Gasteiger charge is -2.16. The van der Waals surface area contributed by atoms with Crippen molar-refractivity contribution < 1.29 is 44.3 Å². The van der Waals surface area contributed by atoms with Crippen LogP contribution in [-0.2, 0) is 18.5 Å². The van der Waals surface area contributed by atoms with Crippen LogP contribution < -0.4 is 10.9 Å². The highest BCUT2D eigenvalue weighted by Crippen LogP contribution is 2.38. The zero-order valence-corrected chi connectivity index (χ0v) is 17.7. The number of carbonyl (C=O) groups is 1. The number of benzene rings is 1. The van der Waals surface area contributed by atoms with Crippen molar-refractivity contribution in [2.45, 2.75) is 18.5 Å². The molecule has 4 aromatic rings. The number of nitrogens with zero attached hydrogens (tertiary/aromatic N) is 3. The van der Waals surface area contributed by atoms with Crippen molar-refractivity contribution in [1.82, 2.24) is 19.7 Å². The van der Waals surface area contributed by atoms with E-state index in [1.54, 1.807) is 0 Å². The maximum Gasteiger partial charge on any atom is 0.434 e. The number of fused-ring (bicyclic) bond motifs is 1. The number of rotatable bonds is 3. The molecule has 0 saturated heterocycles. The van der Waals surface area contributed by atoms with Crippen molar-refractivity contribution in [3.05, 3.63) is 81.8 Å². The Labute approximate surface area is 198 Å². The van der Waals surface area contributed by atoms with Crippen LogP contribution in [0.1, 0.15) is 27.3 Å². The summed E-state index contributed by atoms with van der Waals surface area (Å²) in [6.07, 6.45) is -13.2. The summed E-state index contributed by atoms with van der Waals surface area (Å²) in [5, 5.41) is 3.87. The van der Waals surface area contributed by atoms with E-state index in [1.165, 1.54) is 0 Å². The number of pyridine rings is 2. The highest BCUT2D eigenvalue weighted by molar-refractivity contribution is 6.05. The first-order valence-corrected chi connectivity index (χ1v) is 9.81. The van der Waals surface area contributed by atoms with E-state index in [0.29, 0.717) is 30.6 Å². The van der Waals surface area contributed by atoms with Gasteiger partial charge in [0.05, 0.1) is 28.4 Å². The van der Waals surface area contributed by atoms with E-state index in [0.717, 1.165) is 18.3 Å². The third kappa shape index (κ3) is 4.85. The number of hydrogen-bond donors (Lipinski definition) is 2. The summed E-state index contributed by atoms with van der Waals surface area (Å²) >= 11 is 0. The second kappa shape index (κ2) is 8.63. The molecule has 0 spiro atoms. The Morgan fingerprint density at radius 1 is 0.919 bits per heavy atom. The summed E-state index contributed by atoms with van der Waals surface area (Å²) in [6, 6.07) is 3.27. The van der Waals surface area contributed by atoms with Crippen molar-refractivity contribution in [2.75, 3.05) is 5.32 Å². The molecular weight excluding hydrogens is 525 g/mol. The molecule has 0 radical (unpaired) electrons. The van der Waals surface area contributed by atoms with Crippen LogP contribution in [-0.4, -0.2) is 25.7 Å². The maximum absolute atomic E-state index is 14.0. The van der Waals surface area contributed by atoms with Gasteiger partial charge < -0.3 is 10.3 Å². The molecule has 4 rings (SSSR count). The predicted octanol–water partition coefficient (Wildman–Crippen LogP) is 5.42. The molecule has 0 unspecified atom stereocenters. The monoisotopic (exact) mass is 535 g/mol. The van der Waals surface area contributed by atoms with Gasteiger partial charge in [-0.15, -0.1) is 0 Å². The molecule has 3 aromatic heterocycles. The summed E-state index contributed by atoms with van der Waals surface area (Å²) in [7, 11) is 0. The number of aromatic nitrogens is 4. The number of hydrogen-bond acceptors (Lipinski definition) is 4. The molecule has 0 fully saturated rings. The van der Waals surface area contributed by atoms with E-state index in [1.807, 2.05) is 10.3 Å². The largest absolute Gasteiger partial charge is 0.434 e. The van der Waals surface area contributed by atoms with Crippen LogP contribution in [0.5, 0.6) is 0 Å². The van der Waals surface area contributed by atoms with Crippen LogP contribution in [0.3, 0.4) is 0 Å². The zero-order chi connectivity index (χ0) is 27.3. The van der Waals surface area contributed by atoms with E-state index in [4.69, 9.17) is 0 Å². The molecule has 7 nitrogen and oxygen atoms in total. The quantitative estimate of drug-likeness (QED) is 0.343. The van der Waals surface area contributed by atoms with Crippen molar-refractivity contribution in [1.29, 1.82) is 0 Å². The Balaban J connectivity index is 1.87. The molecule has 37 heavy (non-hydrogen) atoms. The lowest BCUT2D eigenvalue weighted by atomic mass is 10.0. The number of H-pyrrole nitrogens is 1. The second-order valence-corrected chi connectivity index (χ2v) is 7.42. The molecule has 0 aliphatic carbocycles. The molecule has 0 atom stereocenters. The smallest absolute Gasteiger partial charge is 0.329 e. The van der Waals surface area contributed by atoms with Gasteiger partial charge in [-0.3, -0.25) is 14.6 Å². The van der Waals surface area contributed by atoms with Crippen LogP contribution in [0.2, 0.25) is 0 Å². The Morgan fingerprint density at radius 3 is 2.24 bits per heavy atom. The molecule has 0 aliphatic rings. The second-order valence-electron chi connectivity index (χ2n) is 7.42. The first-order valence-electron chi connectivity index (χ1n) is 9.81. The van der Waals surface area contributed by atoms with E-state index < -0.39 is 74.7 Å². The van der Waals surface area contributed by atoms with Gasteiger partial charge in [0, 0.05) is 23.5 Å². The normalized spacial score (nSPS) is 12.7. The van der Waals surface area contributed by atoms with E-state index >= 15 is 0 Å². The van der Waals surface area contributed by atoms with Gasteiger partial charge >= 0.3 is 18.5 Å². The molecule has 0 aliphatic heterocycles. The fourth-order valence-electron chi connectivity index (χ4n) is 3.55. The van der Waals surface area contributed by atoms with Gasteiger partial charge in [0.15, 0.2) is 5.69 Å². The predicted molar refractivity (Wildman–Crippen MR) is 109 cm³/mol. The van der Waals surface area contributed by atoms with Crippen molar-refractivity contribution >= 4 is 22.4 Å². The third-order valence-corrected chi connectivity index (χ3v) is 5.04. The standard InChI is InChI=1S/C21H10F9N5O2/c22-19(23,24)12-1-2-13(10-4-6-32-18(37)15(10)12)35-16(21(28,29)30)11(8-33-35)17(36)34-9-3-5-31-14(7-9)20(25,26)27/h1-8H,(H,32,37)(H,31,34,36). The average Bonchev–Trinajstić information content (AvgIpc) is 3.23. The van der Waals surface area contributed by atoms with Gasteiger partial charge in [-0.2, -0.15) is 44.6 Å². The van der Waals surface area contributed by atoms with Crippen molar-refractivity contribution in [3.8, 4) is 5.69 Å². The minimum absolute atomic E-state index is 0.129. The number of alkyl halides is 9. The van der Waals surface area contributed by atoms with Gasteiger partial charge in [-0.05, 0) is 30.3 Å². The first kappa shape index (κ1) is 25.7. The maximum atomic E-state index is 14.0. The van der Waals surface area contributed by atoms with Gasteiger partial charge in [-0.25, -0.2) is 4.68 Å². The summed E-state index contributed by atoms with van der Waals surface area (Å²) < 4.78 is 121. The summed E-state index contributed by atoms with van der Waals surface area (Å²) in [4.78, 5) is 29.9. The van der Waals surface area contributed by atoms with E-state index in [2.05, 4.69) is 10.1 Å². The highest BCUT2D eigenvalue weighted by Gasteiger charge is 2.42. The van der Waals surface area contributed by atoms with Crippen LogP contribution >= 0.6 is 0 Å². The number of nitrogens with one attached hydrogen (secondary N) is 2. The lowest BCUT2D eigenvalue weighted by molar-refractivity contribution is -0.143. The molecule has 1 amide bonds. The van der Waals surface area contributed by atoms with E-state index in [-0.39, 0.29) is 4.68 Å². The molecule has 0 bridgehead atoms. The van der Waals surface area contributed by atoms with Gasteiger partial charge in [-0.1, -0.05) is 0 Å². The number of carbonyl (C=O) groups excluding carboxylic acids is 1. The molecule has 194 valence electrons. The first-order chi connectivity index (χ1) is 17.1. The highest BCUT2D eigenvalue weighted by atomic mass is 19.4. The SMILES string of the molecule is O=C(Nc1ccnc(C(F)(F)F)c1)c1cnn(-c2ccc(C(F)(F)F)c3c(=O)[nH]ccc23)c1C(F)(F)F. The molecule has 1 aromatic carbocycles. The molecule has 0 saturated carbocycles. The van der Waals surface area contributed by atoms with Crippen molar-refractivity contribution in [3.63, 3.8) is 0 Å². The Morgan fingerprint density at radius 2 is 1.62 bits per heavy atom.